The van der Waals surface area contributed by atoms with E-state index in [9.17, 15) is 24.9 Å². The molecule has 0 spiro atoms. The van der Waals surface area contributed by atoms with E-state index in [0.29, 0.717) is 41.8 Å². The standard InChI is InChI=1S/C31H45N3O8/c1-8-12-33-26-21-13-17(2)14-25(41-7)27(36)19(4)15-20(5)29(42-31(32)39)24(40-6)11-9-10-18(3)30(38)34-22(28(21)37)16-23(26)35/h8-11,15-17,19,24-25,27,29,33,35-37H,1,12-14H2,2-7H3,(H2,32,39)(H,34,38)/b11-9+,18-10-,20-15+/t17-,19+,24+,25+,27-,29+/m1/s1. The number of nitrogens with one attached hydrogen (secondary N) is 2. The van der Waals surface area contributed by atoms with Crippen LogP contribution in [0.15, 0.2) is 54.2 Å². The summed E-state index contributed by atoms with van der Waals surface area (Å²) >= 11 is 0. The molecule has 42 heavy (non-hydrogen) atoms. The third-order valence-electron chi connectivity index (χ3n) is 7.25. The van der Waals surface area contributed by atoms with Crippen LogP contribution in [0.1, 0.15) is 39.7 Å². The van der Waals surface area contributed by atoms with Crippen LogP contribution in [-0.4, -0.2) is 72.5 Å². The molecule has 0 aromatic heterocycles. The second-order valence-electron chi connectivity index (χ2n) is 10.6. The summed E-state index contributed by atoms with van der Waals surface area (Å²) < 4.78 is 16.6. The molecular weight excluding hydrogens is 542 g/mol. The van der Waals surface area contributed by atoms with Gasteiger partial charge in [0.25, 0.3) is 5.91 Å². The minimum absolute atomic E-state index is 0.0416. The molecule has 6 atom stereocenters. The van der Waals surface area contributed by atoms with E-state index < -0.39 is 42.3 Å². The fourth-order valence-electron chi connectivity index (χ4n) is 4.98. The lowest BCUT2D eigenvalue weighted by atomic mass is 9.87. The molecule has 7 N–H and O–H groups in total. The number of hydrogen-bond acceptors (Lipinski definition) is 9. The van der Waals surface area contributed by atoms with E-state index in [1.54, 1.807) is 38.2 Å². The SMILES string of the molecule is C=CCNc1c(O)cc2c(O)c1C[C@@H](C)C[C@H](OC)[C@H](O)[C@@H](C)/C=C(\C)[C@H](OC(N)=O)[C@@H](OC)/C=C/C=C(/C)C(=O)N2. The molecule has 0 aliphatic carbocycles. The molecular formula is C31H45N3O8. The van der Waals surface area contributed by atoms with Crippen LogP contribution >= 0.6 is 0 Å². The lowest BCUT2D eigenvalue weighted by molar-refractivity contribution is -0.112. The van der Waals surface area contributed by atoms with Crippen molar-refractivity contribution in [3.8, 4) is 11.5 Å². The number of carbonyl (C=O) groups is 2. The number of methoxy groups -OCH3 is 2. The number of aliphatic hydroxyl groups excluding tert-OH is 1. The molecule has 1 aromatic rings. The summed E-state index contributed by atoms with van der Waals surface area (Å²) in [6.07, 6.45) is 4.64. The summed E-state index contributed by atoms with van der Waals surface area (Å²) in [6.45, 7) is 11.1. The molecule has 11 heteroatoms. The lowest BCUT2D eigenvalue weighted by Gasteiger charge is -2.29. The Bertz CT molecular complexity index is 1210. The number of fused-ring (bicyclic) bond motifs is 2. The van der Waals surface area contributed by atoms with Crippen molar-refractivity contribution in [2.45, 2.75) is 65.0 Å². The highest BCUT2D eigenvalue weighted by atomic mass is 16.6. The largest absolute Gasteiger partial charge is 0.506 e. The summed E-state index contributed by atoms with van der Waals surface area (Å²) in [5, 5.41) is 39.1. The van der Waals surface area contributed by atoms with Crippen LogP contribution in [0.2, 0.25) is 0 Å². The van der Waals surface area contributed by atoms with Gasteiger partial charge in [0.1, 0.15) is 17.6 Å². The number of carbonyl (C=O) groups excluding carboxylic acids is 2. The van der Waals surface area contributed by atoms with E-state index in [2.05, 4.69) is 17.2 Å². The van der Waals surface area contributed by atoms with Gasteiger partial charge in [0, 0.05) is 43.9 Å². The average molecular weight is 588 g/mol. The maximum Gasteiger partial charge on any atom is 0.405 e. The van der Waals surface area contributed by atoms with Crippen molar-refractivity contribution in [2.24, 2.45) is 17.6 Å². The van der Waals surface area contributed by atoms with E-state index in [-0.39, 0.29) is 23.1 Å². The molecule has 232 valence electrons. The van der Waals surface area contributed by atoms with E-state index in [1.165, 1.54) is 26.4 Å². The molecule has 11 nitrogen and oxygen atoms in total. The molecule has 1 aliphatic rings. The Morgan fingerprint density at radius 2 is 1.93 bits per heavy atom. The van der Waals surface area contributed by atoms with E-state index >= 15 is 0 Å². The van der Waals surface area contributed by atoms with Gasteiger partial charge >= 0.3 is 6.09 Å². The Morgan fingerprint density at radius 3 is 2.52 bits per heavy atom. The van der Waals surface area contributed by atoms with Gasteiger partial charge in [0.2, 0.25) is 0 Å². The number of ether oxygens (including phenoxy) is 3. The smallest absolute Gasteiger partial charge is 0.405 e. The molecule has 0 fully saturated rings. The Balaban J connectivity index is 2.67. The maximum absolute atomic E-state index is 13.0. The van der Waals surface area contributed by atoms with Gasteiger partial charge in [0.05, 0.1) is 23.6 Å². The van der Waals surface area contributed by atoms with Crippen molar-refractivity contribution >= 4 is 23.4 Å². The van der Waals surface area contributed by atoms with Crippen molar-refractivity contribution < 1.29 is 39.1 Å². The zero-order chi connectivity index (χ0) is 31.6. The topological polar surface area (TPSA) is 173 Å². The molecule has 0 saturated carbocycles. The monoisotopic (exact) mass is 587 g/mol. The number of benzene rings is 1. The minimum Gasteiger partial charge on any atom is -0.506 e. The molecule has 0 saturated heterocycles. The number of hydrogen-bond donors (Lipinski definition) is 6. The predicted molar refractivity (Wildman–Crippen MR) is 162 cm³/mol. The number of amides is 2. The number of allylic oxidation sites excluding steroid dienone is 2. The summed E-state index contributed by atoms with van der Waals surface area (Å²) in [7, 11) is 2.95. The Morgan fingerprint density at radius 1 is 1.24 bits per heavy atom. The highest BCUT2D eigenvalue weighted by Crippen LogP contribution is 2.42. The number of rotatable bonds is 6. The van der Waals surface area contributed by atoms with E-state index in [0.717, 1.165) is 0 Å². The second-order valence-corrected chi connectivity index (χ2v) is 10.6. The molecule has 1 aromatic carbocycles. The third kappa shape index (κ3) is 9.10. The summed E-state index contributed by atoms with van der Waals surface area (Å²) in [5.74, 6) is -1.41. The number of primary amides is 1. The van der Waals surface area contributed by atoms with Crippen molar-refractivity contribution in [3.05, 3.63) is 59.7 Å². The lowest BCUT2D eigenvalue weighted by Crippen LogP contribution is -2.37. The Kier molecular flexibility index (Phi) is 13.1. The van der Waals surface area contributed by atoms with Crippen LogP contribution in [0.5, 0.6) is 11.5 Å². The third-order valence-corrected chi connectivity index (χ3v) is 7.25. The van der Waals surface area contributed by atoms with Crippen LogP contribution in [0.25, 0.3) is 0 Å². The molecule has 0 radical (unpaired) electrons. The zero-order valence-electron chi connectivity index (χ0n) is 25.2. The summed E-state index contributed by atoms with van der Waals surface area (Å²) in [6, 6.07) is 1.28. The molecule has 0 unspecified atom stereocenters. The number of nitrogens with two attached hydrogens (primary N) is 1. The molecule has 1 heterocycles. The van der Waals surface area contributed by atoms with Crippen LogP contribution in [0.4, 0.5) is 16.2 Å². The predicted octanol–water partition coefficient (Wildman–Crippen LogP) is 4.16. The van der Waals surface area contributed by atoms with Gasteiger partial charge in [0.15, 0.2) is 6.10 Å². The van der Waals surface area contributed by atoms with Gasteiger partial charge < -0.3 is 45.9 Å². The van der Waals surface area contributed by atoms with Crippen molar-refractivity contribution in [3.63, 3.8) is 0 Å². The second kappa shape index (κ2) is 16.0. The highest BCUT2D eigenvalue weighted by molar-refractivity contribution is 6.04. The summed E-state index contributed by atoms with van der Waals surface area (Å²) in [5.41, 5.74) is 7.01. The fourth-order valence-corrected chi connectivity index (χ4v) is 4.98. The first-order chi connectivity index (χ1) is 19.8. The fraction of sp³-hybridized carbons (Fsp3) is 0.484. The van der Waals surface area contributed by atoms with Crippen LogP contribution in [0.3, 0.4) is 0 Å². The van der Waals surface area contributed by atoms with Gasteiger partial charge in [-0.05, 0) is 38.2 Å². The van der Waals surface area contributed by atoms with Crippen LogP contribution in [-0.2, 0) is 25.4 Å². The van der Waals surface area contributed by atoms with Gasteiger partial charge in [-0.25, -0.2) is 4.79 Å². The number of anilines is 2. The van der Waals surface area contributed by atoms with Crippen molar-refractivity contribution in [1.29, 1.82) is 0 Å². The zero-order valence-corrected chi connectivity index (χ0v) is 25.2. The number of phenolic OH excluding ortho intramolecular Hbond substituents is 2. The first-order valence-corrected chi connectivity index (χ1v) is 13.8. The number of aliphatic hydroxyl groups is 1. The number of aromatic hydroxyl groups is 2. The van der Waals surface area contributed by atoms with Crippen molar-refractivity contribution in [1.82, 2.24) is 0 Å². The van der Waals surface area contributed by atoms with Gasteiger partial charge in [-0.3, -0.25) is 4.79 Å². The highest BCUT2D eigenvalue weighted by Gasteiger charge is 2.30. The average Bonchev–Trinajstić information content (AvgIpc) is 2.94. The number of phenols is 2. The Labute approximate surface area is 247 Å². The molecule has 2 amide bonds. The Hall–Kier alpha value is -3.80. The van der Waals surface area contributed by atoms with Crippen LogP contribution in [0, 0.1) is 11.8 Å². The van der Waals surface area contributed by atoms with Crippen molar-refractivity contribution in [2.75, 3.05) is 31.4 Å². The normalized spacial score (nSPS) is 29.3. The summed E-state index contributed by atoms with van der Waals surface area (Å²) in [4.78, 5) is 24.7. The van der Waals surface area contributed by atoms with Gasteiger partial charge in [-0.1, -0.05) is 44.2 Å². The first-order valence-electron chi connectivity index (χ1n) is 13.8. The minimum atomic E-state index is -0.990. The van der Waals surface area contributed by atoms with Gasteiger partial charge in [-0.15, -0.1) is 6.58 Å². The quantitative estimate of drug-likeness (QED) is 0.162. The van der Waals surface area contributed by atoms with Gasteiger partial charge in [-0.2, -0.15) is 0 Å². The van der Waals surface area contributed by atoms with E-state index in [1.807, 2.05) is 13.8 Å². The van der Waals surface area contributed by atoms with Crippen LogP contribution < -0.4 is 16.4 Å². The van der Waals surface area contributed by atoms with E-state index in [4.69, 9.17) is 19.9 Å². The first kappa shape index (κ1) is 34.4. The maximum atomic E-state index is 13.0. The molecule has 2 bridgehead atoms. The molecule has 2 rings (SSSR count). The molecule has 1 aliphatic heterocycles.